The molecule has 0 amide bonds. The number of hydrogen-bond donors (Lipinski definition) is 1. The Morgan fingerprint density at radius 3 is 2.14 bits per heavy atom. The van der Waals surface area contributed by atoms with Gasteiger partial charge in [0.2, 0.25) is 0 Å². The zero-order chi connectivity index (χ0) is 20.0. The molecule has 0 radical (unpaired) electrons. The molecule has 0 aliphatic rings. The molecule has 0 bridgehead atoms. The number of anilines is 1. The van der Waals surface area contributed by atoms with E-state index in [1.165, 1.54) is 18.3 Å². The lowest BCUT2D eigenvalue weighted by atomic mass is 10.2. The van der Waals surface area contributed by atoms with E-state index < -0.39 is 17.7 Å². The lowest BCUT2D eigenvalue weighted by molar-refractivity contribution is -0.137. The molecule has 0 aromatic heterocycles. The zero-order valence-electron chi connectivity index (χ0n) is 14.5. The highest BCUT2D eigenvalue weighted by molar-refractivity contribution is 5.91. The van der Waals surface area contributed by atoms with E-state index in [9.17, 15) is 18.0 Å². The number of esters is 1. The van der Waals surface area contributed by atoms with E-state index in [0.717, 1.165) is 17.7 Å². The van der Waals surface area contributed by atoms with E-state index in [1.807, 2.05) is 6.07 Å². The van der Waals surface area contributed by atoms with Crippen LogP contribution in [0.25, 0.3) is 0 Å². The summed E-state index contributed by atoms with van der Waals surface area (Å²) < 4.78 is 42.8. The molecule has 0 fully saturated rings. The molecule has 3 aromatic rings. The summed E-state index contributed by atoms with van der Waals surface area (Å²) in [6, 6.07) is 19.8. The molecule has 0 unspecified atom stereocenters. The summed E-state index contributed by atoms with van der Waals surface area (Å²) in [4.78, 5) is 12.0. The van der Waals surface area contributed by atoms with Gasteiger partial charge in [0, 0.05) is 0 Å². The van der Waals surface area contributed by atoms with Crippen LogP contribution in [0.15, 0.2) is 84.0 Å². The summed E-state index contributed by atoms with van der Waals surface area (Å²) in [6.45, 7) is 0. The van der Waals surface area contributed by atoms with Crippen LogP contribution in [0.3, 0.4) is 0 Å². The predicted molar refractivity (Wildman–Crippen MR) is 101 cm³/mol. The number of carbonyl (C=O) groups is 1. The summed E-state index contributed by atoms with van der Waals surface area (Å²) in [5, 5.41) is 3.98. The molecule has 0 heterocycles. The Kier molecular flexibility index (Phi) is 5.74. The Morgan fingerprint density at radius 1 is 0.893 bits per heavy atom. The molecule has 0 saturated carbocycles. The monoisotopic (exact) mass is 384 g/mol. The van der Waals surface area contributed by atoms with Gasteiger partial charge in [-0.3, -0.25) is 5.43 Å². The van der Waals surface area contributed by atoms with Gasteiger partial charge in [-0.2, -0.15) is 18.3 Å². The van der Waals surface area contributed by atoms with Gasteiger partial charge in [-0.15, -0.1) is 0 Å². The molecule has 4 nitrogen and oxygen atoms in total. The van der Waals surface area contributed by atoms with Crippen molar-refractivity contribution in [2.24, 2.45) is 5.10 Å². The van der Waals surface area contributed by atoms with Gasteiger partial charge in [0.05, 0.1) is 23.0 Å². The topological polar surface area (TPSA) is 50.7 Å². The van der Waals surface area contributed by atoms with Gasteiger partial charge >= 0.3 is 12.1 Å². The minimum absolute atomic E-state index is 0.390. The predicted octanol–water partition coefficient (Wildman–Crippen LogP) is 5.37. The van der Waals surface area contributed by atoms with Crippen LogP contribution >= 0.6 is 0 Å². The van der Waals surface area contributed by atoms with Gasteiger partial charge in [-0.1, -0.05) is 18.2 Å². The highest BCUT2D eigenvalue weighted by atomic mass is 19.4. The Balaban J connectivity index is 1.56. The Morgan fingerprint density at radius 2 is 1.54 bits per heavy atom. The maximum absolute atomic E-state index is 12.5. The second-order valence-corrected chi connectivity index (χ2v) is 5.77. The quantitative estimate of drug-likeness (QED) is 0.278. The highest BCUT2D eigenvalue weighted by Gasteiger charge is 2.29. The average Bonchev–Trinajstić information content (AvgIpc) is 2.70. The van der Waals surface area contributed by atoms with Crippen molar-refractivity contribution < 1.29 is 22.7 Å². The molecule has 0 saturated heterocycles. The van der Waals surface area contributed by atoms with Crippen LogP contribution in [-0.2, 0) is 6.18 Å². The van der Waals surface area contributed by atoms with E-state index in [-0.39, 0.29) is 0 Å². The summed E-state index contributed by atoms with van der Waals surface area (Å²) >= 11 is 0. The van der Waals surface area contributed by atoms with Crippen LogP contribution < -0.4 is 10.2 Å². The Hall–Kier alpha value is -3.61. The number of hydrogen-bond acceptors (Lipinski definition) is 4. The van der Waals surface area contributed by atoms with E-state index in [4.69, 9.17) is 4.74 Å². The number of halogens is 3. The number of nitrogens with zero attached hydrogens (tertiary/aromatic N) is 1. The fraction of sp³-hybridized carbons (Fsp3) is 0.0476. The minimum Gasteiger partial charge on any atom is -0.423 e. The number of nitrogens with one attached hydrogen (secondary N) is 1. The first-order valence-electron chi connectivity index (χ1n) is 8.25. The van der Waals surface area contributed by atoms with Crippen molar-refractivity contribution in [1.82, 2.24) is 0 Å². The highest BCUT2D eigenvalue weighted by Crippen LogP contribution is 2.29. The number of hydrazone groups is 1. The summed E-state index contributed by atoms with van der Waals surface area (Å²) in [5.41, 5.74) is 3.54. The van der Waals surface area contributed by atoms with Crippen molar-refractivity contribution in [2.45, 2.75) is 6.18 Å². The lowest BCUT2D eigenvalue weighted by Crippen LogP contribution is -2.08. The fourth-order valence-corrected chi connectivity index (χ4v) is 2.28. The second-order valence-electron chi connectivity index (χ2n) is 5.77. The van der Waals surface area contributed by atoms with E-state index in [1.54, 1.807) is 48.5 Å². The van der Waals surface area contributed by atoms with Crippen molar-refractivity contribution >= 4 is 17.9 Å². The van der Waals surface area contributed by atoms with Crippen molar-refractivity contribution in [2.75, 3.05) is 5.43 Å². The lowest BCUT2D eigenvalue weighted by Gasteiger charge is -2.07. The largest absolute Gasteiger partial charge is 0.423 e. The maximum atomic E-state index is 12.5. The van der Waals surface area contributed by atoms with Crippen molar-refractivity contribution in [3.63, 3.8) is 0 Å². The number of carbonyl (C=O) groups excluding carboxylic acids is 1. The van der Waals surface area contributed by atoms with Gasteiger partial charge in [0.1, 0.15) is 5.75 Å². The number of benzene rings is 3. The average molecular weight is 384 g/mol. The molecule has 7 heteroatoms. The minimum atomic E-state index is -4.37. The summed E-state index contributed by atoms with van der Waals surface area (Å²) in [5.74, 6) is -0.0623. The van der Waals surface area contributed by atoms with Crippen molar-refractivity contribution in [1.29, 1.82) is 0 Å². The molecule has 1 N–H and O–H groups in total. The number of rotatable bonds is 5. The molecule has 28 heavy (non-hydrogen) atoms. The van der Waals surface area contributed by atoms with Gasteiger partial charge in [0.25, 0.3) is 0 Å². The standard InChI is InChI=1S/C21H15F3N2O2/c22-21(23,24)17-8-10-18(11-9-17)26-25-14-15-6-12-19(13-7-15)28-20(27)16-4-2-1-3-5-16/h1-14,26H. The fourth-order valence-electron chi connectivity index (χ4n) is 2.28. The molecule has 3 rings (SSSR count). The normalized spacial score (nSPS) is 11.4. The molecule has 142 valence electrons. The van der Waals surface area contributed by atoms with Crippen LogP contribution in [0.4, 0.5) is 18.9 Å². The second kappa shape index (κ2) is 8.39. The van der Waals surface area contributed by atoms with Crippen LogP contribution in [0.2, 0.25) is 0 Å². The van der Waals surface area contributed by atoms with Crippen LogP contribution in [0, 0.1) is 0 Å². The Bertz CT molecular complexity index is 952. The van der Waals surface area contributed by atoms with Crippen LogP contribution in [-0.4, -0.2) is 12.2 Å². The first-order chi connectivity index (χ1) is 13.4. The third-order valence-electron chi connectivity index (χ3n) is 3.72. The molecule has 0 aliphatic heterocycles. The molecular formula is C21H15F3N2O2. The first kappa shape index (κ1) is 19.2. The van der Waals surface area contributed by atoms with Crippen molar-refractivity contribution in [3.8, 4) is 5.75 Å². The zero-order valence-corrected chi connectivity index (χ0v) is 14.5. The van der Waals surface area contributed by atoms with Gasteiger partial charge in [-0.25, -0.2) is 4.79 Å². The van der Waals surface area contributed by atoms with Gasteiger partial charge in [-0.05, 0) is 66.2 Å². The smallest absolute Gasteiger partial charge is 0.416 e. The maximum Gasteiger partial charge on any atom is 0.416 e. The Labute approximate surface area is 159 Å². The summed E-state index contributed by atoms with van der Waals surface area (Å²) in [7, 11) is 0. The third-order valence-corrected chi connectivity index (χ3v) is 3.72. The van der Waals surface area contributed by atoms with E-state index >= 15 is 0 Å². The molecule has 0 aliphatic carbocycles. The molecule has 3 aromatic carbocycles. The van der Waals surface area contributed by atoms with Crippen LogP contribution in [0.5, 0.6) is 5.75 Å². The number of alkyl halides is 3. The van der Waals surface area contributed by atoms with Crippen LogP contribution in [0.1, 0.15) is 21.5 Å². The summed E-state index contributed by atoms with van der Waals surface area (Å²) in [6.07, 6.45) is -2.87. The number of ether oxygens (including phenoxy) is 1. The van der Waals surface area contributed by atoms with E-state index in [2.05, 4.69) is 10.5 Å². The SMILES string of the molecule is O=C(Oc1ccc(C=NNc2ccc(C(F)(F)F)cc2)cc1)c1ccccc1. The molecule has 0 atom stereocenters. The van der Waals surface area contributed by atoms with Gasteiger partial charge < -0.3 is 4.74 Å². The van der Waals surface area contributed by atoms with Crippen molar-refractivity contribution in [3.05, 3.63) is 95.6 Å². The molecule has 0 spiro atoms. The third kappa shape index (κ3) is 5.20. The molecular weight excluding hydrogens is 369 g/mol. The first-order valence-corrected chi connectivity index (χ1v) is 8.25. The van der Waals surface area contributed by atoms with Gasteiger partial charge in [0.15, 0.2) is 0 Å². The van der Waals surface area contributed by atoms with E-state index in [0.29, 0.717) is 17.0 Å².